The maximum Gasteiger partial charge on any atom is 0.185 e. The molecule has 0 saturated carbocycles. The first-order chi connectivity index (χ1) is 13.9. The molecule has 0 heterocycles. The molecule has 0 saturated heterocycles. The Morgan fingerprint density at radius 2 is 1.38 bits per heavy atom. The van der Waals surface area contributed by atoms with Crippen LogP contribution in [0.4, 0.5) is 0 Å². The molecule has 0 spiro atoms. The van der Waals surface area contributed by atoms with Crippen LogP contribution in [0.2, 0.25) is 0 Å². The summed E-state index contributed by atoms with van der Waals surface area (Å²) in [5, 5.41) is 7.08. The highest BCUT2D eigenvalue weighted by molar-refractivity contribution is 5.65. The molecule has 2 aromatic carbocycles. The second-order valence-corrected chi connectivity index (χ2v) is 7.49. The summed E-state index contributed by atoms with van der Waals surface area (Å²) in [7, 11) is 3.36. The van der Waals surface area contributed by atoms with Gasteiger partial charge in [0.05, 0.1) is 38.0 Å². The van der Waals surface area contributed by atoms with Crippen LogP contribution in [-0.2, 0) is 0 Å². The first-order valence-corrected chi connectivity index (χ1v) is 10.0. The van der Waals surface area contributed by atoms with E-state index in [9.17, 15) is 0 Å². The third-order valence-electron chi connectivity index (χ3n) is 4.32. The van der Waals surface area contributed by atoms with Gasteiger partial charge in [0, 0.05) is 12.1 Å². The van der Waals surface area contributed by atoms with Crippen molar-refractivity contribution < 1.29 is 9.47 Å². The molecule has 2 aromatic rings. The van der Waals surface area contributed by atoms with Gasteiger partial charge in [0.2, 0.25) is 0 Å². The molecule has 1 unspecified atom stereocenters. The van der Waals surface area contributed by atoms with E-state index in [4.69, 9.17) is 9.47 Å². The summed E-state index contributed by atoms with van der Waals surface area (Å²) >= 11 is 0. The number of allylic oxidation sites excluding steroid dienone is 2. The Labute approximate surface area is 175 Å². The Morgan fingerprint density at radius 1 is 0.828 bits per heavy atom. The van der Waals surface area contributed by atoms with Gasteiger partial charge >= 0.3 is 0 Å². The molecular weight excluding hydrogens is 360 g/mol. The highest BCUT2D eigenvalue weighted by Gasteiger charge is 2.14. The lowest BCUT2D eigenvalue weighted by Crippen LogP contribution is -2.26. The standard InChI is InChI=1S/C25H33N2O2/c1-18(2)26-24(20-10-14-22(28-5)15-11-20)8-7-9-25(27-19(3)4)21-12-16-23(29-6)17-13-21/h8-19,24,26-27H,1-6H3/q+1/b25-9-. The van der Waals surface area contributed by atoms with Crippen molar-refractivity contribution in [2.24, 2.45) is 0 Å². The van der Waals surface area contributed by atoms with E-state index in [0.717, 1.165) is 22.8 Å². The number of rotatable bonds is 10. The van der Waals surface area contributed by atoms with E-state index in [1.54, 1.807) is 14.2 Å². The Morgan fingerprint density at radius 3 is 1.86 bits per heavy atom. The van der Waals surface area contributed by atoms with Crippen molar-refractivity contribution in [1.29, 1.82) is 0 Å². The van der Waals surface area contributed by atoms with Gasteiger partial charge in [-0.2, -0.15) is 0 Å². The zero-order valence-corrected chi connectivity index (χ0v) is 18.3. The van der Waals surface area contributed by atoms with E-state index < -0.39 is 0 Å². The number of nitrogens with one attached hydrogen (secondary N) is 2. The summed E-state index contributed by atoms with van der Waals surface area (Å²) in [5.74, 6) is 1.70. The van der Waals surface area contributed by atoms with Gasteiger partial charge in [-0.15, -0.1) is 0 Å². The fourth-order valence-corrected chi connectivity index (χ4v) is 2.93. The Hall–Kier alpha value is -2.81. The van der Waals surface area contributed by atoms with E-state index in [1.165, 1.54) is 5.56 Å². The molecule has 1 atom stereocenters. The molecule has 0 aliphatic rings. The van der Waals surface area contributed by atoms with Gasteiger partial charge in [-0.1, -0.05) is 12.1 Å². The topological polar surface area (TPSA) is 42.5 Å². The lowest BCUT2D eigenvalue weighted by Gasteiger charge is -2.16. The predicted molar refractivity (Wildman–Crippen MR) is 121 cm³/mol. The van der Waals surface area contributed by atoms with Crippen molar-refractivity contribution in [3.8, 4) is 11.5 Å². The summed E-state index contributed by atoms with van der Waals surface area (Å²) in [5.41, 5.74) is 3.29. The SMILES string of the molecule is COc1ccc(/C(=C/[C+]=CC(NC(C)C)c2ccc(OC)cc2)NC(C)C)cc1. The molecule has 2 rings (SSSR count). The van der Waals surface area contributed by atoms with Crippen LogP contribution in [-0.4, -0.2) is 26.3 Å². The number of benzene rings is 2. The van der Waals surface area contributed by atoms with Crippen molar-refractivity contribution in [1.82, 2.24) is 10.6 Å². The highest BCUT2D eigenvalue weighted by atomic mass is 16.5. The molecule has 0 bridgehead atoms. The second kappa shape index (κ2) is 11.3. The van der Waals surface area contributed by atoms with Gasteiger partial charge in [0.15, 0.2) is 11.8 Å². The van der Waals surface area contributed by atoms with Crippen molar-refractivity contribution in [3.63, 3.8) is 0 Å². The lowest BCUT2D eigenvalue weighted by atomic mass is 10.0. The average molecular weight is 394 g/mol. The lowest BCUT2D eigenvalue weighted by molar-refractivity contribution is 0.414. The third kappa shape index (κ3) is 7.26. The van der Waals surface area contributed by atoms with Crippen molar-refractivity contribution in [2.45, 2.75) is 45.8 Å². The first kappa shape index (κ1) is 22.5. The molecule has 0 amide bonds. The first-order valence-electron chi connectivity index (χ1n) is 10.0. The molecule has 0 radical (unpaired) electrons. The fourth-order valence-electron chi connectivity index (χ4n) is 2.93. The number of methoxy groups -OCH3 is 2. The smallest absolute Gasteiger partial charge is 0.185 e. The quantitative estimate of drug-likeness (QED) is 0.433. The predicted octanol–water partition coefficient (Wildman–Crippen LogP) is 5.14. The van der Waals surface area contributed by atoms with E-state index in [1.807, 2.05) is 30.3 Å². The molecule has 2 N–H and O–H groups in total. The normalized spacial score (nSPS) is 12.9. The minimum absolute atomic E-state index is 0.0633. The van der Waals surface area contributed by atoms with Gasteiger partial charge in [-0.3, -0.25) is 0 Å². The summed E-state index contributed by atoms with van der Waals surface area (Å²) in [4.78, 5) is 0. The monoisotopic (exact) mass is 393 g/mol. The largest absolute Gasteiger partial charge is 0.497 e. The molecule has 0 aliphatic heterocycles. The zero-order valence-electron chi connectivity index (χ0n) is 18.3. The van der Waals surface area contributed by atoms with Gasteiger partial charge in [-0.25, -0.2) is 0 Å². The van der Waals surface area contributed by atoms with Gasteiger partial charge < -0.3 is 20.1 Å². The van der Waals surface area contributed by atoms with Crippen LogP contribution >= 0.6 is 0 Å². The molecular formula is C25H33N2O2+. The van der Waals surface area contributed by atoms with Gasteiger partial charge in [-0.05, 0) is 69.7 Å². The van der Waals surface area contributed by atoms with Crippen LogP contribution in [0.25, 0.3) is 5.70 Å². The Balaban J connectivity index is 2.26. The minimum Gasteiger partial charge on any atom is -0.497 e. The molecule has 0 aromatic heterocycles. The average Bonchev–Trinajstić information content (AvgIpc) is 2.72. The summed E-state index contributed by atoms with van der Waals surface area (Å²) in [6, 6.07) is 16.9. The van der Waals surface area contributed by atoms with Crippen LogP contribution in [0.1, 0.15) is 44.9 Å². The van der Waals surface area contributed by atoms with Gasteiger partial charge in [0.1, 0.15) is 11.5 Å². The number of hydrogen-bond donors (Lipinski definition) is 2. The highest BCUT2D eigenvalue weighted by Crippen LogP contribution is 2.21. The molecule has 29 heavy (non-hydrogen) atoms. The summed E-state index contributed by atoms with van der Waals surface area (Å²) in [6.45, 7) is 8.54. The van der Waals surface area contributed by atoms with E-state index in [-0.39, 0.29) is 6.04 Å². The summed E-state index contributed by atoms with van der Waals surface area (Å²) in [6.07, 6.45) is 7.44. The van der Waals surface area contributed by atoms with E-state index >= 15 is 0 Å². The van der Waals surface area contributed by atoms with Crippen LogP contribution in [0.5, 0.6) is 11.5 Å². The second-order valence-electron chi connectivity index (χ2n) is 7.49. The van der Waals surface area contributed by atoms with Crippen LogP contribution in [0, 0.1) is 6.08 Å². The third-order valence-corrected chi connectivity index (χ3v) is 4.32. The van der Waals surface area contributed by atoms with Crippen molar-refractivity contribution in [2.75, 3.05) is 14.2 Å². The van der Waals surface area contributed by atoms with E-state index in [0.29, 0.717) is 12.1 Å². The Kier molecular flexibility index (Phi) is 8.72. The van der Waals surface area contributed by atoms with Crippen molar-refractivity contribution >= 4 is 5.70 Å². The maximum atomic E-state index is 5.27. The van der Waals surface area contributed by atoms with Crippen LogP contribution in [0.15, 0.2) is 60.7 Å². The maximum absolute atomic E-state index is 5.27. The molecule has 4 heteroatoms. The van der Waals surface area contributed by atoms with Crippen LogP contribution < -0.4 is 20.1 Å². The number of hydrogen-bond acceptors (Lipinski definition) is 4. The van der Waals surface area contributed by atoms with Crippen LogP contribution in [0.3, 0.4) is 0 Å². The van der Waals surface area contributed by atoms with E-state index in [2.05, 4.69) is 74.7 Å². The van der Waals surface area contributed by atoms with Crippen molar-refractivity contribution in [3.05, 3.63) is 77.9 Å². The minimum atomic E-state index is 0.0633. The van der Waals surface area contributed by atoms with Gasteiger partial charge in [0.25, 0.3) is 0 Å². The number of ether oxygens (including phenoxy) is 2. The molecule has 154 valence electrons. The molecule has 0 aliphatic carbocycles. The zero-order chi connectivity index (χ0) is 21.2. The molecule has 0 fully saturated rings. The molecule has 4 nitrogen and oxygen atoms in total. The fraction of sp³-hybridized carbons (Fsp3) is 0.360. The Bertz CT molecular complexity index is 791. The summed E-state index contributed by atoms with van der Waals surface area (Å²) < 4.78 is 10.5.